The Morgan fingerprint density at radius 1 is 0.958 bits per heavy atom. The molecule has 4 rings (SSSR count). The van der Waals surface area contributed by atoms with Gasteiger partial charge in [-0.1, -0.05) is 48.5 Å². The first-order valence-electron chi connectivity index (χ1n) is 7.62. The van der Waals surface area contributed by atoms with Crippen LogP contribution < -0.4 is 5.11 Å². The highest BCUT2D eigenvalue weighted by Gasteiger charge is 2.21. The lowest BCUT2D eigenvalue weighted by atomic mass is 10.0. The van der Waals surface area contributed by atoms with Crippen LogP contribution in [0.1, 0.15) is 16.1 Å². The van der Waals surface area contributed by atoms with Crippen molar-refractivity contribution >= 4 is 27.6 Å². The van der Waals surface area contributed by atoms with E-state index in [-0.39, 0.29) is 11.3 Å². The molecule has 0 amide bonds. The average Bonchev–Trinajstić information content (AvgIpc) is 2.88. The predicted molar refractivity (Wildman–Crippen MR) is 91.9 cm³/mol. The van der Waals surface area contributed by atoms with Crippen molar-refractivity contribution in [2.75, 3.05) is 0 Å². The molecule has 4 heteroatoms. The molecule has 118 valence electrons. The number of carboxylic acid groups (broad SMARTS) is 1. The predicted octanol–water partition coefficient (Wildman–Crippen LogP) is 3.86. The van der Waals surface area contributed by atoms with Gasteiger partial charge in [-0.25, -0.2) is 4.79 Å². The molecule has 3 aromatic carbocycles. The molecular weight excluding hydrogens is 302 g/mol. The van der Waals surface area contributed by atoms with Gasteiger partial charge in [0.2, 0.25) is 0 Å². The van der Waals surface area contributed by atoms with E-state index in [1.807, 2.05) is 53.1 Å². The number of nitrogens with zero attached hydrogens (tertiary/aromatic N) is 1. The minimum atomic E-state index is -1.03. The SMILES string of the molecule is Cc1c(C(=O)O)c2cc([O-])c3ccccc3c2n1-c1ccccc1. The first-order chi connectivity index (χ1) is 11.6. The Morgan fingerprint density at radius 3 is 2.25 bits per heavy atom. The average molecular weight is 316 g/mol. The van der Waals surface area contributed by atoms with Crippen molar-refractivity contribution in [1.29, 1.82) is 0 Å². The van der Waals surface area contributed by atoms with E-state index in [2.05, 4.69) is 0 Å². The third-order valence-electron chi connectivity index (χ3n) is 4.40. The summed E-state index contributed by atoms with van der Waals surface area (Å²) >= 11 is 0. The summed E-state index contributed by atoms with van der Waals surface area (Å²) in [7, 11) is 0. The molecule has 1 N–H and O–H groups in total. The van der Waals surface area contributed by atoms with E-state index in [9.17, 15) is 15.0 Å². The van der Waals surface area contributed by atoms with Crippen molar-refractivity contribution in [2.24, 2.45) is 0 Å². The van der Waals surface area contributed by atoms with Crippen LogP contribution in [-0.4, -0.2) is 15.6 Å². The minimum absolute atomic E-state index is 0.161. The second-order valence-electron chi connectivity index (χ2n) is 5.75. The van der Waals surface area contributed by atoms with E-state index in [4.69, 9.17) is 0 Å². The zero-order chi connectivity index (χ0) is 16.8. The molecule has 0 bridgehead atoms. The highest BCUT2D eigenvalue weighted by Crippen LogP contribution is 2.37. The topological polar surface area (TPSA) is 65.3 Å². The van der Waals surface area contributed by atoms with Gasteiger partial charge in [-0.2, -0.15) is 0 Å². The van der Waals surface area contributed by atoms with Crippen LogP contribution in [0.15, 0.2) is 60.7 Å². The lowest BCUT2D eigenvalue weighted by Gasteiger charge is -2.14. The summed E-state index contributed by atoms with van der Waals surface area (Å²) in [5, 5.41) is 23.9. The van der Waals surface area contributed by atoms with E-state index in [0.717, 1.165) is 16.6 Å². The van der Waals surface area contributed by atoms with Crippen LogP contribution in [0.25, 0.3) is 27.4 Å². The first-order valence-corrected chi connectivity index (χ1v) is 7.62. The number of aromatic nitrogens is 1. The fraction of sp³-hybridized carbons (Fsp3) is 0.0500. The van der Waals surface area contributed by atoms with Crippen molar-refractivity contribution < 1.29 is 15.0 Å². The Labute approximate surface area is 138 Å². The summed E-state index contributed by atoms with van der Waals surface area (Å²) in [5.74, 6) is -1.19. The number of hydrogen-bond acceptors (Lipinski definition) is 2. The standard InChI is InChI=1S/C20H15NO3/c1-12-18(20(23)24)16-11-17(22)14-9-5-6-10-15(14)19(16)21(12)13-7-3-2-4-8-13/h2-11,22H,1H3,(H,23,24)/p-1. The molecule has 0 aliphatic rings. The Hall–Kier alpha value is -3.27. The zero-order valence-electron chi connectivity index (χ0n) is 13.0. The Balaban J connectivity index is 2.29. The number of fused-ring (bicyclic) bond motifs is 3. The second-order valence-corrected chi connectivity index (χ2v) is 5.75. The molecule has 0 atom stereocenters. The van der Waals surface area contributed by atoms with E-state index >= 15 is 0 Å². The first kappa shape index (κ1) is 14.3. The number of hydrogen-bond donors (Lipinski definition) is 1. The summed E-state index contributed by atoms with van der Waals surface area (Å²) in [6, 6.07) is 18.3. The van der Waals surface area contributed by atoms with Gasteiger partial charge in [0.1, 0.15) is 0 Å². The molecule has 0 fully saturated rings. The molecule has 0 aliphatic heterocycles. The van der Waals surface area contributed by atoms with Crippen LogP contribution in [0.5, 0.6) is 5.75 Å². The largest absolute Gasteiger partial charge is 0.872 e. The van der Waals surface area contributed by atoms with Crippen molar-refractivity contribution in [3.05, 3.63) is 71.9 Å². The molecule has 0 spiro atoms. The van der Waals surface area contributed by atoms with Crippen LogP contribution in [-0.2, 0) is 0 Å². The normalized spacial score (nSPS) is 11.2. The molecule has 4 nitrogen and oxygen atoms in total. The highest BCUT2D eigenvalue weighted by molar-refractivity contribution is 6.16. The summed E-state index contributed by atoms with van der Waals surface area (Å²) in [4.78, 5) is 11.8. The number of carboxylic acids is 1. The van der Waals surface area contributed by atoms with Gasteiger partial charge < -0.3 is 14.8 Å². The van der Waals surface area contributed by atoms with Crippen molar-refractivity contribution in [3.63, 3.8) is 0 Å². The fourth-order valence-electron chi connectivity index (χ4n) is 3.40. The number of rotatable bonds is 2. The Bertz CT molecular complexity index is 1090. The Kier molecular flexibility index (Phi) is 3.06. The Morgan fingerprint density at radius 2 is 1.58 bits per heavy atom. The molecule has 24 heavy (non-hydrogen) atoms. The summed E-state index contributed by atoms with van der Waals surface area (Å²) in [6.45, 7) is 1.77. The van der Waals surface area contributed by atoms with Gasteiger partial charge in [-0.05, 0) is 24.4 Å². The molecular formula is C20H14NO3-. The summed E-state index contributed by atoms with van der Waals surface area (Å²) in [5.41, 5.74) is 2.42. The van der Waals surface area contributed by atoms with Gasteiger partial charge in [0.05, 0.1) is 11.1 Å². The zero-order valence-corrected chi connectivity index (χ0v) is 13.0. The number of benzene rings is 3. The quantitative estimate of drug-likeness (QED) is 0.610. The molecule has 4 aromatic rings. The molecule has 0 unspecified atom stereocenters. The minimum Gasteiger partial charge on any atom is -0.872 e. The van der Waals surface area contributed by atoms with E-state index in [1.165, 1.54) is 6.07 Å². The molecule has 1 heterocycles. The summed E-state index contributed by atoms with van der Waals surface area (Å²) < 4.78 is 1.92. The highest BCUT2D eigenvalue weighted by atomic mass is 16.4. The van der Waals surface area contributed by atoms with Crippen molar-refractivity contribution in [2.45, 2.75) is 6.92 Å². The van der Waals surface area contributed by atoms with Gasteiger partial charge >= 0.3 is 5.97 Å². The van der Waals surface area contributed by atoms with Gasteiger partial charge in [-0.15, -0.1) is 5.75 Å². The number of carbonyl (C=O) groups is 1. The lowest BCUT2D eigenvalue weighted by Crippen LogP contribution is -2.01. The maximum absolute atomic E-state index is 12.4. The van der Waals surface area contributed by atoms with E-state index in [0.29, 0.717) is 16.5 Å². The molecule has 0 saturated carbocycles. The smallest absolute Gasteiger partial charge is 0.338 e. The van der Waals surface area contributed by atoms with Crippen LogP contribution in [0.3, 0.4) is 0 Å². The molecule has 0 saturated heterocycles. The van der Waals surface area contributed by atoms with Crippen LogP contribution in [0.4, 0.5) is 0 Å². The van der Waals surface area contributed by atoms with Gasteiger partial charge in [-0.3, -0.25) is 0 Å². The van der Waals surface area contributed by atoms with E-state index < -0.39 is 5.97 Å². The van der Waals surface area contributed by atoms with Crippen LogP contribution in [0, 0.1) is 6.92 Å². The monoisotopic (exact) mass is 316 g/mol. The maximum Gasteiger partial charge on any atom is 0.338 e. The van der Waals surface area contributed by atoms with Crippen LogP contribution in [0.2, 0.25) is 0 Å². The van der Waals surface area contributed by atoms with E-state index in [1.54, 1.807) is 13.0 Å². The third kappa shape index (κ3) is 1.90. The van der Waals surface area contributed by atoms with Gasteiger partial charge in [0.15, 0.2) is 0 Å². The van der Waals surface area contributed by atoms with Gasteiger partial charge in [0.25, 0.3) is 0 Å². The third-order valence-corrected chi connectivity index (χ3v) is 4.40. The van der Waals surface area contributed by atoms with Crippen molar-refractivity contribution in [3.8, 4) is 11.4 Å². The molecule has 0 aliphatic carbocycles. The maximum atomic E-state index is 12.4. The lowest BCUT2D eigenvalue weighted by molar-refractivity contribution is -0.265. The van der Waals surface area contributed by atoms with Gasteiger partial charge in [0, 0.05) is 22.2 Å². The summed E-state index contributed by atoms with van der Waals surface area (Å²) in [6.07, 6.45) is 0. The molecule has 1 aromatic heterocycles. The second kappa shape index (κ2) is 5.13. The molecule has 0 radical (unpaired) electrons. The van der Waals surface area contributed by atoms with Crippen LogP contribution >= 0.6 is 0 Å². The number of para-hydroxylation sites is 1. The van der Waals surface area contributed by atoms with Crippen molar-refractivity contribution in [1.82, 2.24) is 4.57 Å². The fourth-order valence-corrected chi connectivity index (χ4v) is 3.40. The number of aromatic carboxylic acids is 1.